The van der Waals surface area contributed by atoms with Crippen molar-refractivity contribution in [3.63, 3.8) is 0 Å². The second-order valence-electron chi connectivity index (χ2n) is 4.75. The summed E-state index contributed by atoms with van der Waals surface area (Å²) < 4.78 is 23.2. The highest BCUT2D eigenvalue weighted by Crippen LogP contribution is 2.17. The monoisotopic (exact) mass is 297 g/mol. The van der Waals surface area contributed by atoms with Crippen molar-refractivity contribution in [1.82, 2.24) is 9.88 Å². The maximum Gasteiger partial charge on any atom is 0.257 e. The molecule has 1 aliphatic heterocycles. The van der Waals surface area contributed by atoms with Crippen molar-refractivity contribution in [3.05, 3.63) is 24.0 Å². The Morgan fingerprint density at radius 3 is 2.95 bits per heavy atom. The van der Waals surface area contributed by atoms with Crippen molar-refractivity contribution in [2.75, 3.05) is 36.5 Å². The van der Waals surface area contributed by atoms with E-state index in [0.29, 0.717) is 25.1 Å². The lowest BCUT2D eigenvalue weighted by molar-refractivity contribution is 0.0769. The van der Waals surface area contributed by atoms with E-state index in [1.54, 1.807) is 17.2 Å². The molecule has 0 unspecified atom stereocenters. The number of hydrogen-bond donors (Lipinski definition) is 1. The van der Waals surface area contributed by atoms with Gasteiger partial charge in [0.2, 0.25) is 0 Å². The summed E-state index contributed by atoms with van der Waals surface area (Å²) in [6.07, 6.45) is 3.65. The molecule has 0 bridgehead atoms. The first-order chi connectivity index (χ1) is 9.53. The van der Waals surface area contributed by atoms with Gasteiger partial charge in [0.25, 0.3) is 5.91 Å². The van der Waals surface area contributed by atoms with Gasteiger partial charge >= 0.3 is 0 Å². The summed E-state index contributed by atoms with van der Waals surface area (Å²) in [7, 11) is -3.01. The normalized spacial score (nSPS) is 18.4. The van der Waals surface area contributed by atoms with E-state index in [9.17, 15) is 13.2 Å². The SMILES string of the molecule is CCNc1ccncc1C(=O)N1CCCS(=O)(=O)CC1. The predicted octanol–water partition coefficient (Wildman–Crippen LogP) is 0.774. The van der Waals surface area contributed by atoms with Crippen LogP contribution >= 0.6 is 0 Å². The van der Waals surface area contributed by atoms with E-state index < -0.39 is 9.84 Å². The number of pyridine rings is 1. The van der Waals surface area contributed by atoms with Gasteiger partial charge in [-0.25, -0.2) is 8.42 Å². The Bertz CT molecular complexity index is 586. The van der Waals surface area contributed by atoms with Gasteiger partial charge in [0.15, 0.2) is 9.84 Å². The molecule has 20 heavy (non-hydrogen) atoms. The van der Waals surface area contributed by atoms with Crippen molar-refractivity contribution in [2.45, 2.75) is 13.3 Å². The third-order valence-electron chi connectivity index (χ3n) is 3.26. The molecule has 0 radical (unpaired) electrons. The molecular formula is C13H19N3O3S. The number of hydrogen-bond acceptors (Lipinski definition) is 5. The molecule has 2 rings (SSSR count). The maximum absolute atomic E-state index is 12.5. The first-order valence-corrected chi connectivity index (χ1v) is 8.53. The van der Waals surface area contributed by atoms with Crippen LogP contribution in [-0.4, -0.2) is 55.3 Å². The van der Waals surface area contributed by atoms with Gasteiger partial charge in [0.1, 0.15) is 0 Å². The van der Waals surface area contributed by atoms with Crippen molar-refractivity contribution in [2.24, 2.45) is 0 Å². The van der Waals surface area contributed by atoms with Crippen LogP contribution in [0.25, 0.3) is 0 Å². The molecule has 2 heterocycles. The van der Waals surface area contributed by atoms with E-state index >= 15 is 0 Å². The molecule has 0 saturated carbocycles. The summed E-state index contributed by atoms with van der Waals surface area (Å²) in [5.41, 5.74) is 1.23. The van der Waals surface area contributed by atoms with E-state index in [0.717, 1.165) is 5.69 Å². The molecule has 110 valence electrons. The molecule has 1 fully saturated rings. The van der Waals surface area contributed by atoms with Crippen LogP contribution in [-0.2, 0) is 9.84 Å². The zero-order chi connectivity index (χ0) is 14.6. The van der Waals surface area contributed by atoms with Gasteiger partial charge in [0, 0.05) is 32.0 Å². The van der Waals surface area contributed by atoms with Crippen LogP contribution in [0.5, 0.6) is 0 Å². The lowest BCUT2D eigenvalue weighted by Crippen LogP contribution is -2.34. The van der Waals surface area contributed by atoms with Crippen LogP contribution in [0.1, 0.15) is 23.7 Å². The molecule has 7 heteroatoms. The molecule has 0 atom stereocenters. The molecule has 0 aromatic carbocycles. The van der Waals surface area contributed by atoms with Crippen molar-refractivity contribution in [3.8, 4) is 0 Å². The Kier molecular flexibility index (Phi) is 4.59. The number of aromatic nitrogens is 1. The van der Waals surface area contributed by atoms with E-state index in [-0.39, 0.29) is 24.0 Å². The second kappa shape index (κ2) is 6.21. The van der Waals surface area contributed by atoms with Gasteiger partial charge in [-0.1, -0.05) is 0 Å². The molecule has 6 nitrogen and oxygen atoms in total. The Labute approximate surface area is 119 Å². The fourth-order valence-electron chi connectivity index (χ4n) is 2.22. The lowest BCUT2D eigenvalue weighted by atomic mass is 10.2. The highest BCUT2D eigenvalue weighted by atomic mass is 32.2. The van der Waals surface area contributed by atoms with E-state index in [1.165, 1.54) is 6.20 Å². The van der Waals surface area contributed by atoms with Crippen molar-refractivity contribution in [1.29, 1.82) is 0 Å². The zero-order valence-electron chi connectivity index (χ0n) is 11.5. The molecule has 1 saturated heterocycles. The summed E-state index contributed by atoms with van der Waals surface area (Å²) in [5, 5.41) is 3.12. The van der Waals surface area contributed by atoms with Gasteiger partial charge < -0.3 is 10.2 Å². The van der Waals surface area contributed by atoms with E-state index in [1.807, 2.05) is 6.92 Å². The van der Waals surface area contributed by atoms with Crippen LogP contribution in [0.15, 0.2) is 18.5 Å². The zero-order valence-corrected chi connectivity index (χ0v) is 12.3. The Balaban J connectivity index is 2.19. The molecule has 1 N–H and O–H groups in total. The van der Waals surface area contributed by atoms with Gasteiger partial charge in [-0.15, -0.1) is 0 Å². The number of carbonyl (C=O) groups is 1. The predicted molar refractivity (Wildman–Crippen MR) is 77.6 cm³/mol. The molecular weight excluding hydrogens is 278 g/mol. The first kappa shape index (κ1) is 14.8. The van der Waals surface area contributed by atoms with Crippen LogP contribution < -0.4 is 5.32 Å². The van der Waals surface area contributed by atoms with Gasteiger partial charge in [0.05, 0.1) is 22.8 Å². The second-order valence-corrected chi connectivity index (χ2v) is 7.05. The highest BCUT2D eigenvalue weighted by molar-refractivity contribution is 7.91. The van der Waals surface area contributed by atoms with Gasteiger partial charge in [-0.2, -0.15) is 0 Å². The largest absolute Gasteiger partial charge is 0.385 e. The van der Waals surface area contributed by atoms with Crippen LogP contribution in [0, 0.1) is 0 Å². The standard InChI is InChI=1S/C13H19N3O3S/c1-2-15-12-4-5-14-10-11(12)13(17)16-6-3-8-20(18,19)9-7-16/h4-5,10H,2-3,6-9H2,1H3,(H,14,15). The average molecular weight is 297 g/mol. The van der Waals surface area contributed by atoms with Crippen molar-refractivity contribution >= 4 is 21.4 Å². The molecule has 1 amide bonds. The summed E-state index contributed by atoms with van der Waals surface area (Å²) in [6, 6.07) is 1.76. The van der Waals surface area contributed by atoms with Gasteiger partial charge in [-0.05, 0) is 19.4 Å². The Morgan fingerprint density at radius 2 is 2.20 bits per heavy atom. The topological polar surface area (TPSA) is 79.4 Å². The number of rotatable bonds is 3. The van der Waals surface area contributed by atoms with Gasteiger partial charge in [-0.3, -0.25) is 9.78 Å². The van der Waals surface area contributed by atoms with E-state index in [4.69, 9.17) is 0 Å². The van der Waals surface area contributed by atoms with Crippen LogP contribution in [0.4, 0.5) is 5.69 Å². The minimum absolute atomic E-state index is 0.0372. The average Bonchev–Trinajstić information content (AvgIpc) is 2.60. The van der Waals surface area contributed by atoms with E-state index in [2.05, 4.69) is 10.3 Å². The third kappa shape index (κ3) is 3.47. The summed E-state index contributed by atoms with van der Waals surface area (Å²) in [6.45, 7) is 3.38. The fourth-order valence-corrected chi connectivity index (χ4v) is 3.49. The smallest absolute Gasteiger partial charge is 0.257 e. The minimum atomic E-state index is -3.01. The van der Waals surface area contributed by atoms with Crippen LogP contribution in [0.3, 0.4) is 0 Å². The number of anilines is 1. The number of sulfone groups is 1. The molecule has 0 aliphatic carbocycles. The number of carbonyl (C=O) groups excluding carboxylic acids is 1. The minimum Gasteiger partial charge on any atom is -0.385 e. The number of nitrogens with zero attached hydrogens (tertiary/aromatic N) is 2. The number of amides is 1. The summed E-state index contributed by atoms with van der Waals surface area (Å²) >= 11 is 0. The molecule has 1 aliphatic rings. The van der Waals surface area contributed by atoms with Crippen LogP contribution in [0.2, 0.25) is 0 Å². The summed E-state index contributed by atoms with van der Waals surface area (Å²) in [5.74, 6) is 0.0329. The van der Waals surface area contributed by atoms with Crippen molar-refractivity contribution < 1.29 is 13.2 Å². The third-order valence-corrected chi connectivity index (χ3v) is 4.98. The molecule has 0 spiro atoms. The first-order valence-electron chi connectivity index (χ1n) is 6.71. The fraction of sp³-hybridized carbons (Fsp3) is 0.538. The molecule has 1 aromatic heterocycles. The number of nitrogens with one attached hydrogen (secondary N) is 1. The lowest BCUT2D eigenvalue weighted by Gasteiger charge is -2.21. The molecule has 1 aromatic rings. The summed E-state index contributed by atoms with van der Waals surface area (Å²) in [4.78, 5) is 18.1. The highest BCUT2D eigenvalue weighted by Gasteiger charge is 2.24. The maximum atomic E-state index is 12.5. The Hall–Kier alpha value is -1.63. The quantitative estimate of drug-likeness (QED) is 0.891. The Morgan fingerprint density at radius 1 is 1.40 bits per heavy atom.